The van der Waals surface area contributed by atoms with E-state index in [2.05, 4.69) is 11.0 Å². The van der Waals surface area contributed by atoms with Crippen LogP contribution in [0.25, 0.3) is 0 Å². The largest absolute Gasteiger partial charge is 0.495 e. The number of nitriles is 1. The van der Waals surface area contributed by atoms with Crippen LogP contribution < -0.4 is 10.5 Å². The van der Waals surface area contributed by atoms with Gasteiger partial charge in [-0.3, -0.25) is 4.90 Å². The van der Waals surface area contributed by atoms with Crippen molar-refractivity contribution in [3.8, 4) is 11.8 Å². The first-order chi connectivity index (χ1) is 9.26. The summed E-state index contributed by atoms with van der Waals surface area (Å²) in [4.78, 5) is 2.43. The van der Waals surface area contributed by atoms with Crippen LogP contribution in [0.1, 0.15) is 24.0 Å². The lowest BCUT2D eigenvalue weighted by Crippen LogP contribution is -2.37. The summed E-state index contributed by atoms with van der Waals surface area (Å²) in [5.41, 5.74) is 7.54. The molecule has 2 N–H and O–H groups in total. The average molecular weight is 296 g/mol. The van der Waals surface area contributed by atoms with Crippen LogP contribution in [0, 0.1) is 17.2 Å². The highest BCUT2D eigenvalue weighted by Crippen LogP contribution is 2.22. The number of rotatable bonds is 4. The average Bonchev–Trinajstić information content (AvgIpc) is 2.47. The van der Waals surface area contributed by atoms with Gasteiger partial charge in [-0.05, 0) is 49.5 Å². The molecule has 1 atom stereocenters. The molecule has 0 bridgehead atoms. The van der Waals surface area contributed by atoms with Crippen molar-refractivity contribution < 1.29 is 4.74 Å². The molecule has 1 heterocycles. The monoisotopic (exact) mass is 295 g/mol. The standard InChI is InChI=1S/C15H21N3O.ClH/c1-19-15-7-12(4-5-14(15)9-17)10-18-6-2-3-13(8-16)11-18;/h4-5,7,13H,2-3,6,8,10-11,16H2,1H3;1H. The predicted molar refractivity (Wildman–Crippen MR) is 82.0 cm³/mol. The van der Waals surface area contributed by atoms with Gasteiger partial charge in [0.05, 0.1) is 12.7 Å². The molecule has 1 aliphatic rings. The topological polar surface area (TPSA) is 62.3 Å². The summed E-state index contributed by atoms with van der Waals surface area (Å²) in [6.07, 6.45) is 2.46. The Labute approximate surface area is 126 Å². The van der Waals surface area contributed by atoms with E-state index in [1.54, 1.807) is 7.11 Å². The Balaban J connectivity index is 0.00000200. The van der Waals surface area contributed by atoms with Crippen LogP contribution in [0.15, 0.2) is 18.2 Å². The van der Waals surface area contributed by atoms with Gasteiger partial charge in [-0.25, -0.2) is 0 Å². The van der Waals surface area contributed by atoms with Gasteiger partial charge in [0.15, 0.2) is 0 Å². The van der Waals surface area contributed by atoms with E-state index in [0.717, 1.165) is 26.2 Å². The summed E-state index contributed by atoms with van der Waals surface area (Å²) in [6.45, 7) is 3.86. The van der Waals surface area contributed by atoms with Gasteiger partial charge < -0.3 is 10.5 Å². The normalized spacial score (nSPS) is 18.9. The van der Waals surface area contributed by atoms with Crippen molar-refractivity contribution >= 4 is 12.4 Å². The maximum atomic E-state index is 8.97. The highest BCUT2D eigenvalue weighted by molar-refractivity contribution is 5.85. The minimum Gasteiger partial charge on any atom is -0.495 e. The van der Waals surface area contributed by atoms with Crippen LogP contribution in [-0.2, 0) is 6.54 Å². The van der Waals surface area contributed by atoms with E-state index in [0.29, 0.717) is 17.2 Å². The molecule has 1 aliphatic heterocycles. The SMILES string of the molecule is COc1cc(CN2CCCC(CN)C2)ccc1C#N.Cl. The van der Waals surface area contributed by atoms with E-state index in [4.69, 9.17) is 15.7 Å². The number of halogens is 1. The molecule has 20 heavy (non-hydrogen) atoms. The Morgan fingerprint density at radius 2 is 2.30 bits per heavy atom. The van der Waals surface area contributed by atoms with E-state index < -0.39 is 0 Å². The van der Waals surface area contributed by atoms with Gasteiger partial charge in [0, 0.05) is 13.1 Å². The van der Waals surface area contributed by atoms with Crippen LogP contribution in [0.4, 0.5) is 0 Å². The molecule has 2 rings (SSSR count). The van der Waals surface area contributed by atoms with Crippen molar-refractivity contribution in [1.29, 1.82) is 5.26 Å². The molecule has 1 aromatic rings. The number of piperidine rings is 1. The molecular weight excluding hydrogens is 274 g/mol. The molecule has 1 aromatic carbocycles. The number of benzene rings is 1. The third kappa shape index (κ3) is 4.11. The molecule has 110 valence electrons. The Morgan fingerprint density at radius 3 is 2.95 bits per heavy atom. The molecule has 0 aliphatic carbocycles. The summed E-state index contributed by atoms with van der Waals surface area (Å²) in [5.74, 6) is 1.28. The fourth-order valence-corrected chi connectivity index (χ4v) is 2.67. The van der Waals surface area contributed by atoms with Crippen molar-refractivity contribution in [2.24, 2.45) is 11.7 Å². The third-order valence-corrected chi connectivity index (χ3v) is 3.73. The number of likely N-dealkylation sites (tertiary alicyclic amines) is 1. The molecular formula is C15H22ClN3O. The summed E-state index contributed by atoms with van der Waals surface area (Å²) >= 11 is 0. The van der Waals surface area contributed by atoms with Crippen molar-refractivity contribution in [2.75, 3.05) is 26.7 Å². The van der Waals surface area contributed by atoms with Crippen LogP contribution in [-0.4, -0.2) is 31.6 Å². The molecule has 5 heteroatoms. The number of nitrogens with two attached hydrogens (primary N) is 1. The molecule has 0 spiro atoms. The van der Waals surface area contributed by atoms with Crippen molar-refractivity contribution in [1.82, 2.24) is 4.90 Å². The molecule has 0 amide bonds. The first kappa shape index (κ1) is 16.8. The lowest BCUT2D eigenvalue weighted by molar-refractivity contribution is 0.171. The van der Waals surface area contributed by atoms with E-state index in [-0.39, 0.29) is 12.4 Å². The number of hydrogen-bond donors (Lipinski definition) is 1. The van der Waals surface area contributed by atoms with Crippen molar-refractivity contribution in [3.05, 3.63) is 29.3 Å². The third-order valence-electron chi connectivity index (χ3n) is 3.73. The molecule has 0 aromatic heterocycles. The molecule has 1 fully saturated rings. The molecule has 0 saturated carbocycles. The van der Waals surface area contributed by atoms with E-state index in [1.165, 1.54) is 18.4 Å². The Bertz CT molecular complexity index is 473. The molecule has 4 nitrogen and oxygen atoms in total. The van der Waals surface area contributed by atoms with Gasteiger partial charge in [-0.1, -0.05) is 6.07 Å². The summed E-state index contributed by atoms with van der Waals surface area (Å²) < 4.78 is 5.25. The Morgan fingerprint density at radius 1 is 1.50 bits per heavy atom. The van der Waals surface area contributed by atoms with Crippen LogP contribution in [0.5, 0.6) is 5.75 Å². The first-order valence-corrected chi connectivity index (χ1v) is 6.76. The van der Waals surface area contributed by atoms with Crippen LogP contribution >= 0.6 is 12.4 Å². The number of hydrogen-bond acceptors (Lipinski definition) is 4. The smallest absolute Gasteiger partial charge is 0.136 e. The second kappa shape index (κ2) is 8.11. The van der Waals surface area contributed by atoms with Gasteiger partial charge in [-0.15, -0.1) is 12.4 Å². The maximum absolute atomic E-state index is 8.97. The molecule has 1 saturated heterocycles. The highest BCUT2D eigenvalue weighted by Gasteiger charge is 2.18. The number of methoxy groups -OCH3 is 1. The van der Waals surface area contributed by atoms with Crippen molar-refractivity contribution in [2.45, 2.75) is 19.4 Å². The molecule has 1 unspecified atom stereocenters. The number of nitrogens with zero attached hydrogens (tertiary/aromatic N) is 2. The van der Waals surface area contributed by atoms with E-state index in [9.17, 15) is 0 Å². The first-order valence-electron chi connectivity index (χ1n) is 6.76. The zero-order valence-electron chi connectivity index (χ0n) is 11.8. The minimum absolute atomic E-state index is 0. The van der Waals surface area contributed by atoms with Gasteiger partial charge in [-0.2, -0.15) is 5.26 Å². The maximum Gasteiger partial charge on any atom is 0.136 e. The Kier molecular flexibility index (Phi) is 6.80. The van der Waals surface area contributed by atoms with Gasteiger partial charge in [0.25, 0.3) is 0 Å². The zero-order valence-corrected chi connectivity index (χ0v) is 12.7. The second-order valence-corrected chi connectivity index (χ2v) is 5.13. The summed E-state index contributed by atoms with van der Waals surface area (Å²) in [5, 5.41) is 8.97. The second-order valence-electron chi connectivity index (χ2n) is 5.13. The predicted octanol–water partition coefficient (Wildman–Crippen LogP) is 2.16. The quantitative estimate of drug-likeness (QED) is 0.924. The fraction of sp³-hybridized carbons (Fsp3) is 0.533. The van der Waals surface area contributed by atoms with Crippen LogP contribution in [0.3, 0.4) is 0 Å². The fourth-order valence-electron chi connectivity index (χ4n) is 2.67. The number of ether oxygens (including phenoxy) is 1. The van der Waals surface area contributed by atoms with Gasteiger partial charge >= 0.3 is 0 Å². The van der Waals surface area contributed by atoms with Gasteiger partial charge in [0.1, 0.15) is 11.8 Å². The van der Waals surface area contributed by atoms with E-state index >= 15 is 0 Å². The van der Waals surface area contributed by atoms with Crippen molar-refractivity contribution in [3.63, 3.8) is 0 Å². The minimum atomic E-state index is 0. The summed E-state index contributed by atoms with van der Waals surface area (Å²) in [7, 11) is 1.60. The highest BCUT2D eigenvalue weighted by atomic mass is 35.5. The van der Waals surface area contributed by atoms with Crippen LogP contribution in [0.2, 0.25) is 0 Å². The van der Waals surface area contributed by atoms with Gasteiger partial charge in [0.2, 0.25) is 0 Å². The lowest BCUT2D eigenvalue weighted by atomic mass is 9.98. The lowest BCUT2D eigenvalue weighted by Gasteiger charge is -2.32. The summed E-state index contributed by atoms with van der Waals surface area (Å²) in [6, 6.07) is 7.94. The molecule has 0 radical (unpaired) electrons. The Hall–Kier alpha value is -1.28. The zero-order chi connectivity index (χ0) is 13.7. The van der Waals surface area contributed by atoms with E-state index in [1.807, 2.05) is 18.2 Å².